The molecule has 198 valence electrons. The maximum absolute atomic E-state index is 15.3. The number of rotatable bonds is 5. The summed E-state index contributed by atoms with van der Waals surface area (Å²) >= 11 is 0. The smallest absolute Gasteiger partial charge is 0.136 e. The van der Waals surface area contributed by atoms with Gasteiger partial charge in [-0.2, -0.15) is 5.10 Å². The van der Waals surface area contributed by atoms with Gasteiger partial charge < -0.3 is 15.7 Å². The second kappa shape index (κ2) is 9.71. The quantitative estimate of drug-likeness (QED) is 0.401. The van der Waals surface area contributed by atoms with Crippen LogP contribution in [-0.4, -0.2) is 43.8 Å². The Bertz CT molecular complexity index is 1450. The third-order valence-corrected chi connectivity index (χ3v) is 7.98. The van der Waals surface area contributed by atoms with E-state index in [2.05, 4.69) is 26.9 Å². The molecule has 0 unspecified atom stereocenters. The Morgan fingerprint density at radius 2 is 1.84 bits per heavy atom. The van der Waals surface area contributed by atoms with E-state index in [1.165, 1.54) is 12.1 Å². The van der Waals surface area contributed by atoms with Crippen molar-refractivity contribution in [2.24, 2.45) is 11.7 Å². The summed E-state index contributed by atoms with van der Waals surface area (Å²) in [7, 11) is 0. The van der Waals surface area contributed by atoms with Gasteiger partial charge in [0.15, 0.2) is 0 Å². The van der Waals surface area contributed by atoms with Crippen LogP contribution in [0.2, 0.25) is 0 Å². The Labute approximate surface area is 220 Å². The van der Waals surface area contributed by atoms with Crippen molar-refractivity contribution in [1.82, 2.24) is 19.6 Å². The van der Waals surface area contributed by atoms with Crippen molar-refractivity contribution in [3.63, 3.8) is 0 Å². The molecule has 2 atom stereocenters. The molecule has 6 rings (SSSR count). The van der Waals surface area contributed by atoms with E-state index in [4.69, 9.17) is 5.73 Å². The van der Waals surface area contributed by atoms with Crippen molar-refractivity contribution >= 4 is 11.2 Å². The molecule has 1 saturated heterocycles. The molecule has 4 heterocycles. The number of fused-ring (bicyclic) bond motifs is 1. The average molecular weight is 519 g/mol. The number of imidazole rings is 1. The van der Waals surface area contributed by atoms with Gasteiger partial charge in [0, 0.05) is 49.2 Å². The number of pyridine rings is 1. The van der Waals surface area contributed by atoms with Crippen molar-refractivity contribution in [1.29, 1.82) is 0 Å². The number of hydrogen-bond donors (Lipinski definition) is 2. The van der Waals surface area contributed by atoms with Crippen molar-refractivity contribution < 1.29 is 13.9 Å². The van der Waals surface area contributed by atoms with Gasteiger partial charge in [-0.3, -0.25) is 4.98 Å². The Hall–Kier alpha value is -3.43. The number of aromatic nitrogens is 4. The first-order valence-corrected chi connectivity index (χ1v) is 13.3. The van der Waals surface area contributed by atoms with Gasteiger partial charge in [-0.1, -0.05) is 19.8 Å². The van der Waals surface area contributed by atoms with Crippen LogP contribution in [-0.2, 0) is 12.0 Å². The Morgan fingerprint density at radius 1 is 1.08 bits per heavy atom. The van der Waals surface area contributed by atoms with Crippen LogP contribution >= 0.6 is 0 Å². The third kappa shape index (κ3) is 4.54. The molecule has 0 spiro atoms. The molecule has 1 aromatic carbocycles. The molecule has 9 heteroatoms. The highest BCUT2D eigenvalue weighted by Gasteiger charge is 2.34. The second-order valence-electron chi connectivity index (χ2n) is 11.0. The average Bonchev–Trinajstić information content (AvgIpc) is 3.50. The topological polar surface area (TPSA) is 92.6 Å². The fourth-order valence-corrected chi connectivity index (χ4v) is 6.15. The molecule has 1 aliphatic carbocycles. The predicted octanol–water partition coefficient (Wildman–Crippen LogP) is 4.60. The lowest BCUT2D eigenvalue weighted by Crippen LogP contribution is -2.46. The van der Waals surface area contributed by atoms with Gasteiger partial charge in [0.25, 0.3) is 0 Å². The molecule has 38 heavy (non-hydrogen) atoms. The normalized spacial score (nSPS) is 21.3. The van der Waals surface area contributed by atoms with Gasteiger partial charge >= 0.3 is 0 Å². The molecule has 0 radical (unpaired) electrons. The largest absolute Gasteiger partial charge is 0.385 e. The lowest BCUT2D eigenvalue weighted by Gasteiger charge is -2.37. The van der Waals surface area contributed by atoms with E-state index in [-0.39, 0.29) is 22.9 Å². The monoisotopic (exact) mass is 518 g/mol. The Balaban J connectivity index is 1.34. The highest BCUT2D eigenvalue weighted by molar-refractivity contribution is 5.64. The fraction of sp³-hybridized carbons (Fsp3) is 0.414. The van der Waals surface area contributed by atoms with E-state index in [0.29, 0.717) is 31.0 Å². The van der Waals surface area contributed by atoms with Crippen molar-refractivity contribution in [3.8, 4) is 11.3 Å². The number of anilines is 1. The van der Waals surface area contributed by atoms with Gasteiger partial charge in [0.1, 0.15) is 17.5 Å². The zero-order valence-corrected chi connectivity index (χ0v) is 21.4. The van der Waals surface area contributed by atoms with E-state index in [1.807, 2.05) is 12.3 Å². The minimum absolute atomic E-state index is 0.113. The first-order valence-electron chi connectivity index (χ1n) is 13.3. The van der Waals surface area contributed by atoms with Gasteiger partial charge in [0.05, 0.1) is 28.6 Å². The number of piperidine rings is 1. The molecule has 0 bridgehead atoms. The van der Waals surface area contributed by atoms with Gasteiger partial charge in [-0.05, 0) is 61.1 Å². The first kappa shape index (κ1) is 24.9. The molecule has 7 nitrogen and oxygen atoms in total. The number of nitrogens with zero attached hydrogens (tertiary/aromatic N) is 5. The van der Waals surface area contributed by atoms with Crippen LogP contribution in [0.4, 0.5) is 14.5 Å². The standard InChI is InChI=1S/C29H32F2N6O/c1-18-10-21(32)17-36(16-18)26-6-9-33-14-19(26)11-27-34-15-22-4-5-25(35-37(22)27)28-23(30)12-20(13-24(28)31)29(38)7-2-3-8-29/h4-6,9,12-15,18,21,38H,2-3,7-8,10-11,16-17,32H2,1H3/t18-,21+/m1/s1. The molecule has 1 aliphatic heterocycles. The third-order valence-electron chi connectivity index (χ3n) is 7.98. The molecule has 3 aromatic heterocycles. The number of halogens is 2. The van der Waals surface area contributed by atoms with E-state index < -0.39 is 17.2 Å². The summed E-state index contributed by atoms with van der Waals surface area (Å²) in [6.45, 7) is 3.90. The SMILES string of the molecule is C[C@@H]1C[C@H](N)CN(c2ccncc2Cc2ncc3ccc(-c4c(F)cc(C5(O)CCCC5)cc4F)nn23)C1. The van der Waals surface area contributed by atoms with E-state index in [1.54, 1.807) is 29.0 Å². The van der Waals surface area contributed by atoms with Crippen molar-refractivity contribution in [2.45, 2.75) is 57.1 Å². The van der Waals surface area contributed by atoms with E-state index in [0.717, 1.165) is 49.1 Å². The molecule has 1 saturated carbocycles. The number of nitrogens with two attached hydrogens (primary N) is 1. The summed E-state index contributed by atoms with van der Waals surface area (Å²) in [6.07, 6.45) is 9.45. The number of hydrogen-bond acceptors (Lipinski definition) is 6. The predicted molar refractivity (Wildman–Crippen MR) is 142 cm³/mol. The fourth-order valence-electron chi connectivity index (χ4n) is 6.15. The minimum atomic E-state index is -1.17. The zero-order valence-electron chi connectivity index (χ0n) is 21.4. The molecular weight excluding hydrogens is 486 g/mol. The Morgan fingerprint density at radius 3 is 2.58 bits per heavy atom. The lowest BCUT2D eigenvalue weighted by molar-refractivity contribution is 0.0438. The summed E-state index contributed by atoms with van der Waals surface area (Å²) in [6, 6.07) is 7.96. The summed E-state index contributed by atoms with van der Waals surface area (Å²) < 4.78 is 32.2. The van der Waals surface area contributed by atoms with Gasteiger partial charge in [0.2, 0.25) is 0 Å². The highest BCUT2D eigenvalue weighted by atomic mass is 19.1. The van der Waals surface area contributed by atoms with Crippen LogP contribution in [0.1, 0.15) is 56.0 Å². The summed E-state index contributed by atoms with van der Waals surface area (Å²) in [5.74, 6) is -0.345. The minimum Gasteiger partial charge on any atom is -0.385 e. The van der Waals surface area contributed by atoms with Crippen molar-refractivity contribution in [3.05, 3.63) is 77.5 Å². The molecule has 2 fully saturated rings. The Kier molecular flexibility index (Phi) is 6.36. The molecule has 2 aliphatic rings. The maximum atomic E-state index is 15.3. The van der Waals surface area contributed by atoms with Gasteiger partial charge in [-0.15, -0.1) is 0 Å². The summed E-state index contributed by atoms with van der Waals surface area (Å²) in [4.78, 5) is 11.2. The van der Waals surface area contributed by atoms with Gasteiger partial charge in [-0.25, -0.2) is 18.3 Å². The zero-order chi connectivity index (χ0) is 26.4. The maximum Gasteiger partial charge on any atom is 0.136 e. The number of aliphatic hydroxyl groups is 1. The lowest BCUT2D eigenvalue weighted by atomic mass is 9.90. The first-order chi connectivity index (χ1) is 18.3. The highest BCUT2D eigenvalue weighted by Crippen LogP contribution is 2.40. The van der Waals surface area contributed by atoms with E-state index in [9.17, 15) is 5.11 Å². The second-order valence-corrected chi connectivity index (χ2v) is 11.0. The number of benzene rings is 1. The van der Waals surface area contributed by atoms with Crippen LogP contribution in [0.5, 0.6) is 0 Å². The summed E-state index contributed by atoms with van der Waals surface area (Å²) in [5, 5.41) is 15.4. The molecule has 0 amide bonds. The molecular formula is C29H32F2N6O. The van der Waals surface area contributed by atoms with E-state index >= 15 is 8.78 Å². The van der Waals surface area contributed by atoms with Crippen LogP contribution in [0.25, 0.3) is 16.8 Å². The van der Waals surface area contributed by atoms with Crippen molar-refractivity contribution in [2.75, 3.05) is 18.0 Å². The van der Waals surface area contributed by atoms with Crippen LogP contribution in [0, 0.1) is 17.6 Å². The van der Waals surface area contributed by atoms with Crippen LogP contribution < -0.4 is 10.6 Å². The molecule has 4 aromatic rings. The van der Waals surface area contributed by atoms with Crippen LogP contribution in [0.15, 0.2) is 48.9 Å². The summed E-state index contributed by atoms with van der Waals surface area (Å²) in [5.41, 5.74) is 8.14. The van der Waals surface area contributed by atoms with Crippen LogP contribution in [0.3, 0.4) is 0 Å². The molecule has 3 N–H and O–H groups in total.